The van der Waals surface area contributed by atoms with Crippen molar-refractivity contribution in [3.8, 4) is 0 Å². The first-order valence-corrected chi connectivity index (χ1v) is 6.75. The van der Waals surface area contributed by atoms with E-state index in [1.54, 1.807) is 12.1 Å². The molecule has 0 aromatic heterocycles. The van der Waals surface area contributed by atoms with Crippen LogP contribution >= 0.6 is 34.8 Å². The van der Waals surface area contributed by atoms with E-state index in [9.17, 15) is 0 Å². The second-order valence-corrected chi connectivity index (χ2v) is 5.23. The lowest BCUT2D eigenvalue weighted by atomic mass is 10.2. The fourth-order valence-electron chi connectivity index (χ4n) is 1.75. The Morgan fingerprint density at radius 2 is 1.71 bits per heavy atom. The molecule has 5 heteroatoms. The number of benzene rings is 1. The van der Waals surface area contributed by atoms with Crippen LogP contribution in [0.2, 0.25) is 15.1 Å². The molecule has 0 spiro atoms. The average Bonchev–Trinajstić information content (AvgIpc) is 2.54. The summed E-state index contributed by atoms with van der Waals surface area (Å²) < 4.78 is 0. The first-order chi connectivity index (χ1) is 8.16. The average molecular weight is 292 g/mol. The van der Waals surface area contributed by atoms with E-state index in [4.69, 9.17) is 34.8 Å². The van der Waals surface area contributed by atoms with E-state index in [0.717, 1.165) is 37.3 Å². The number of rotatable bonds is 1. The third kappa shape index (κ3) is 3.51. The van der Waals surface area contributed by atoms with Crippen molar-refractivity contribution in [1.82, 2.24) is 0 Å². The van der Waals surface area contributed by atoms with Gasteiger partial charge in [-0.15, -0.1) is 0 Å². The Balaban J connectivity index is 2.17. The predicted molar refractivity (Wildman–Crippen MR) is 75.9 cm³/mol. The second kappa shape index (κ2) is 5.94. The van der Waals surface area contributed by atoms with Gasteiger partial charge in [0.2, 0.25) is 0 Å². The quantitative estimate of drug-likeness (QED) is 0.721. The van der Waals surface area contributed by atoms with Gasteiger partial charge < -0.3 is 5.32 Å². The van der Waals surface area contributed by atoms with Crippen molar-refractivity contribution in [2.75, 3.05) is 11.9 Å². The van der Waals surface area contributed by atoms with E-state index in [-0.39, 0.29) is 0 Å². The molecule has 1 N–H and O–H groups in total. The number of halogens is 3. The van der Waals surface area contributed by atoms with Crippen LogP contribution in [0.3, 0.4) is 0 Å². The molecular formula is C12H13Cl3N2. The third-order valence-electron chi connectivity index (χ3n) is 2.66. The summed E-state index contributed by atoms with van der Waals surface area (Å²) in [5.41, 5.74) is 0.765. The Kier molecular flexibility index (Phi) is 4.55. The highest BCUT2D eigenvalue weighted by molar-refractivity contribution is 6.44. The van der Waals surface area contributed by atoms with Gasteiger partial charge in [0.1, 0.15) is 5.84 Å². The van der Waals surface area contributed by atoms with Gasteiger partial charge in [0.15, 0.2) is 0 Å². The number of hydrogen-bond donors (Lipinski definition) is 1. The van der Waals surface area contributed by atoms with Crippen molar-refractivity contribution in [3.63, 3.8) is 0 Å². The van der Waals surface area contributed by atoms with E-state index in [1.165, 1.54) is 6.42 Å². The minimum Gasteiger partial charge on any atom is -0.343 e. The molecule has 1 aliphatic heterocycles. The second-order valence-electron chi connectivity index (χ2n) is 4.01. The normalized spacial score (nSPS) is 16.3. The lowest BCUT2D eigenvalue weighted by molar-refractivity contribution is 0.731. The minimum absolute atomic E-state index is 0.463. The van der Waals surface area contributed by atoms with Crippen molar-refractivity contribution >= 4 is 46.3 Å². The summed E-state index contributed by atoms with van der Waals surface area (Å²) in [5.74, 6) is 0.975. The molecule has 1 aromatic rings. The topological polar surface area (TPSA) is 24.4 Å². The van der Waals surface area contributed by atoms with Crippen LogP contribution in [0.4, 0.5) is 5.69 Å². The van der Waals surface area contributed by atoms with Crippen LogP contribution in [-0.4, -0.2) is 12.4 Å². The summed E-state index contributed by atoms with van der Waals surface area (Å²) in [6.07, 6.45) is 4.49. The van der Waals surface area contributed by atoms with Crippen LogP contribution < -0.4 is 5.32 Å². The molecule has 17 heavy (non-hydrogen) atoms. The molecule has 2 rings (SSSR count). The van der Waals surface area contributed by atoms with Crippen molar-refractivity contribution < 1.29 is 0 Å². The van der Waals surface area contributed by atoms with Gasteiger partial charge in [0.05, 0.1) is 20.8 Å². The van der Waals surface area contributed by atoms with Crippen molar-refractivity contribution in [2.24, 2.45) is 4.99 Å². The summed E-state index contributed by atoms with van der Waals surface area (Å²) in [7, 11) is 0. The number of hydrogen-bond acceptors (Lipinski definition) is 2. The Labute approximate surface area is 116 Å². The number of nitrogens with zero attached hydrogens (tertiary/aromatic N) is 1. The van der Waals surface area contributed by atoms with Gasteiger partial charge in [0.25, 0.3) is 0 Å². The van der Waals surface area contributed by atoms with Crippen molar-refractivity contribution in [2.45, 2.75) is 25.7 Å². The van der Waals surface area contributed by atoms with E-state index in [0.29, 0.717) is 15.1 Å². The molecule has 0 bridgehead atoms. The first kappa shape index (κ1) is 13.0. The molecule has 1 heterocycles. The fourth-order valence-corrected chi connectivity index (χ4v) is 2.34. The van der Waals surface area contributed by atoms with E-state index in [2.05, 4.69) is 10.3 Å². The van der Waals surface area contributed by atoms with E-state index >= 15 is 0 Å². The highest BCUT2D eigenvalue weighted by atomic mass is 35.5. The van der Waals surface area contributed by atoms with Gasteiger partial charge in [-0.3, -0.25) is 4.99 Å². The van der Waals surface area contributed by atoms with Gasteiger partial charge in [0, 0.05) is 13.0 Å². The molecule has 0 unspecified atom stereocenters. The van der Waals surface area contributed by atoms with Crippen LogP contribution in [-0.2, 0) is 0 Å². The minimum atomic E-state index is 0.463. The Morgan fingerprint density at radius 3 is 2.53 bits per heavy atom. The fraction of sp³-hybridized carbons (Fsp3) is 0.417. The molecule has 0 saturated carbocycles. The summed E-state index contributed by atoms with van der Waals surface area (Å²) in [4.78, 5) is 4.48. The van der Waals surface area contributed by atoms with Gasteiger partial charge in [-0.25, -0.2) is 0 Å². The smallest absolute Gasteiger partial charge is 0.101 e. The zero-order valence-corrected chi connectivity index (χ0v) is 11.5. The number of nitrogens with one attached hydrogen (secondary N) is 1. The van der Waals surface area contributed by atoms with Gasteiger partial charge >= 0.3 is 0 Å². The molecule has 0 fully saturated rings. The summed E-state index contributed by atoms with van der Waals surface area (Å²) >= 11 is 17.9. The highest BCUT2D eigenvalue weighted by Crippen LogP contribution is 2.32. The van der Waals surface area contributed by atoms with Gasteiger partial charge in [-0.05, 0) is 25.0 Å². The molecule has 1 aliphatic rings. The standard InChI is InChI=1S/C12H13Cl3N2/c13-8-6-10(15)11(7-9(8)14)17-12-4-2-1-3-5-16-12/h6-7H,1-5H2,(H,16,17). The third-order valence-corrected chi connectivity index (χ3v) is 3.70. The van der Waals surface area contributed by atoms with Crippen LogP contribution in [0.25, 0.3) is 0 Å². The SMILES string of the molecule is Clc1cc(Cl)c(NC2=NCCCCC2)cc1Cl. The number of aliphatic imine (C=N–C) groups is 1. The lowest BCUT2D eigenvalue weighted by Crippen LogP contribution is -2.11. The number of anilines is 1. The largest absolute Gasteiger partial charge is 0.343 e. The monoisotopic (exact) mass is 290 g/mol. The molecule has 0 amide bonds. The molecular weight excluding hydrogens is 279 g/mol. The molecule has 2 nitrogen and oxygen atoms in total. The Morgan fingerprint density at radius 1 is 0.941 bits per heavy atom. The molecule has 0 radical (unpaired) electrons. The van der Waals surface area contributed by atoms with Gasteiger partial charge in [-0.2, -0.15) is 0 Å². The van der Waals surface area contributed by atoms with E-state index < -0.39 is 0 Å². The van der Waals surface area contributed by atoms with Crippen LogP contribution in [0.5, 0.6) is 0 Å². The molecule has 0 aliphatic carbocycles. The maximum atomic E-state index is 6.10. The zero-order valence-electron chi connectivity index (χ0n) is 9.27. The van der Waals surface area contributed by atoms with Gasteiger partial charge in [-0.1, -0.05) is 41.2 Å². The zero-order chi connectivity index (χ0) is 12.3. The highest BCUT2D eigenvalue weighted by Gasteiger charge is 2.09. The molecule has 1 aromatic carbocycles. The van der Waals surface area contributed by atoms with E-state index in [1.807, 2.05) is 0 Å². The summed E-state index contributed by atoms with van der Waals surface area (Å²) in [6.45, 7) is 0.876. The first-order valence-electron chi connectivity index (χ1n) is 5.62. The molecule has 0 atom stereocenters. The molecule has 0 saturated heterocycles. The lowest BCUT2D eigenvalue weighted by Gasteiger charge is -2.11. The van der Waals surface area contributed by atoms with Crippen LogP contribution in [0, 0.1) is 0 Å². The Hall–Kier alpha value is -0.440. The van der Waals surface area contributed by atoms with Crippen molar-refractivity contribution in [3.05, 3.63) is 27.2 Å². The maximum absolute atomic E-state index is 6.10. The van der Waals surface area contributed by atoms with Crippen LogP contribution in [0.1, 0.15) is 25.7 Å². The summed E-state index contributed by atoms with van der Waals surface area (Å²) in [6, 6.07) is 3.38. The summed E-state index contributed by atoms with van der Waals surface area (Å²) in [5, 5.41) is 4.75. The van der Waals surface area contributed by atoms with Crippen LogP contribution in [0.15, 0.2) is 17.1 Å². The van der Waals surface area contributed by atoms with Crippen molar-refractivity contribution in [1.29, 1.82) is 0 Å². The predicted octanol–water partition coefficient (Wildman–Crippen LogP) is 5.03. The Bertz CT molecular complexity index is 444. The number of amidine groups is 1. The molecule has 92 valence electrons. The maximum Gasteiger partial charge on any atom is 0.101 e.